The molecule has 0 bridgehead atoms. The van der Waals surface area contributed by atoms with Crippen molar-refractivity contribution in [2.45, 2.75) is 19.4 Å². The highest BCUT2D eigenvalue weighted by Crippen LogP contribution is 2.24. The molecule has 0 amide bonds. The number of hydrogen-bond acceptors (Lipinski definition) is 2. The summed E-state index contributed by atoms with van der Waals surface area (Å²) in [6.07, 6.45) is 2.20. The van der Waals surface area contributed by atoms with Gasteiger partial charge in [-0.15, -0.1) is 0 Å². The molecule has 2 N–H and O–H groups in total. The topological polar surface area (TPSA) is 45.2 Å². The van der Waals surface area contributed by atoms with Crippen LogP contribution < -0.4 is 4.74 Å². The average molecular weight is 205 g/mol. The Morgan fingerprint density at radius 3 is 3.07 bits per heavy atom. The third-order valence-corrected chi connectivity index (χ3v) is 2.46. The molecule has 3 heteroatoms. The summed E-state index contributed by atoms with van der Waals surface area (Å²) in [4.78, 5) is 3.12. The third-order valence-electron chi connectivity index (χ3n) is 2.46. The molecular formula is C12H15NO2. The lowest BCUT2D eigenvalue weighted by Crippen LogP contribution is -2.15. The number of H-pyrrole nitrogens is 1. The Kier molecular flexibility index (Phi) is 2.92. The Balaban J connectivity index is 2.17. The van der Waals surface area contributed by atoms with Crippen LogP contribution in [0.3, 0.4) is 0 Å². The van der Waals surface area contributed by atoms with Gasteiger partial charge < -0.3 is 14.8 Å². The lowest BCUT2D eigenvalue weighted by atomic mass is 10.2. The van der Waals surface area contributed by atoms with Gasteiger partial charge in [0.2, 0.25) is 0 Å². The van der Waals surface area contributed by atoms with Gasteiger partial charge in [0.15, 0.2) is 0 Å². The lowest BCUT2D eigenvalue weighted by molar-refractivity contribution is 0.105. The van der Waals surface area contributed by atoms with E-state index in [0.29, 0.717) is 13.0 Å². The van der Waals surface area contributed by atoms with E-state index >= 15 is 0 Å². The van der Waals surface area contributed by atoms with Crippen molar-refractivity contribution >= 4 is 10.9 Å². The van der Waals surface area contributed by atoms with E-state index < -0.39 is 0 Å². The maximum Gasteiger partial charge on any atom is 0.128 e. The third kappa shape index (κ3) is 2.13. The van der Waals surface area contributed by atoms with Crippen molar-refractivity contribution in [3.63, 3.8) is 0 Å². The number of nitrogens with one attached hydrogen (secondary N) is 1. The van der Waals surface area contributed by atoms with E-state index in [2.05, 4.69) is 4.98 Å². The molecule has 0 aliphatic heterocycles. The fourth-order valence-electron chi connectivity index (χ4n) is 1.49. The van der Waals surface area contributed by atoms with Crippen LogP contribution in [0.1, 0.15) is 13.3 Å². The van der Waals surface area contributed by atoms with Crippen molar-refractivity contribution in [1.82, 2.24) is 4.98 Å². The predicted octanol–water partition coefficient (Wildman–Crippen LogP) is 2.32. The standard InChI is InChI=1S/C12H15NO2/c1-2-9(14)8-15-12-5-3-4-11-10(12)6-7-13-11/h3-7,9,13-14H,2,8H2,1H3. The van der Waals surface area contributed by atoms with E-state index in [-0.39, 0.29) is 6.10 Å². The summed E-state index contributed by atoms with van der Waals surface area (Å²) in [6, 6.07) is 7.83. The second-order valence-electron chi connectivity index (χ2n) is 3.57. The Morgan fingerprint density at radius 1 is 1.40 bits per heavy atom. The van der Waals surface area contributed by atoms with Gasteiger partial charge in [-0.2, -0.15) is 0 Å². The van der Waals surface area contributed by atoms with E-state index in [0.717, 1.165) is 16.7 Å². The first kappa shape index (κ1) is 10.1. The Morgan fingerprint density at radius 2 is 2.27 bits per heavy atom. The first-order chi connectivity index (χ1) is 7.31. The summed E-state index contributed by atoms with van der Waals surface area (Å²) in [7, 11) is 0. The molecule has 0 aliphatic rings. The zero-order valence-electron chi connectivity index (χ0n) is 8.73. The van der Waals surface area contributed by atoms with Gasteiger partial charge in [0.25, 0.3) is 0 Å². The minimum absolute atomic E-state index is 0.348. The summed E-state index contributed by atoms with van der Waals surface area (Å²) < 4.78 is 5.56. The van der Waals surface area contributed by atoms with Crippen LogP contribution >= 0.6 is 0 Å². The van der Waals surface area contributed by atoms with Gasteiger partial charge in [-0.05, 0) is 24.6 Å². The summed E-state index contributed by atoms with van der Waals surface area (Å²) >= 11 is 0. The SMILES string of the molecule is CCC(O)COc1cccc2[nH]ccc12. The number of ether oxygens (including phenoxy) is 1. The van der Waals surface area contributed by atoms with Gasteiger partial charge in [-0.25, -0.2) is 0 Å². The highest BCUT2D eigenvalue weighted by atomic mass is 16.5. The zero-order chi connectivity index (χ0) is 10.7. The van der Waals surface area contributed by atoms with E-state index in [4.69, 9.17) is 4.74 Å². The fourth-order valence-corrected chi connectivity index (χ4v) is 1.49. The van der Waals surface area contributed by atoms with Crippen LogP contribution in [0.2, 0.25) is 0 Å². The van der Waals surface area contributed by atoms with Gasteiger partial charge in [-0.3, -0.25) is 0 Å². The Bertz CT molecular complexity index is 436. The van der Waals surface area contributed by atoms with Crippen LogP contribution in [0.25, 0.3) is 10.9 Å². The number of hydrogen-bond donors (Lipinski definition) is 2. The van der Waals surface area contributed by atoms with E-state index in [1.54, 1.807) is 0 Å². The number of rotatable bonds is 4. The lowest BCUT2D eigenvalue weighted by Gasteiger charge is -2.10. The molecule has 1 aromatic heterocycles. The molecule has 1 heterocycles. The highest BCUT2D eigenvalue weighted by Gasteiger charge is 2.05. The quantitative estimate of drug-likeness (QED) is 0.804. The second kappa shape index (κ2) is 4.36. The number of aromatic nitrogens is 1. The zero-order valence-corrected chi connectivity index (χ0v) is 8.73. The molecule has 15 heavy (non-hydrogen) atoms. The molecule has 80 valence electrons. The smallest absolute Gasteiger partial charge is 0.128 e. The molecule has 1 aromatic carbocycles. The van der Waals surface area contributed by atoms with Gasteiger partial charge >= 0.3 is 0 Å². The van der Waals surface area contributed by atoms with E-state index in [1.807, 2.05) is 37.4 Å². The van der Waals surface area contributed by atoms with E-state index in [9.17, 15) is 5.11 Å². The van der Waals surface area contributed by atoms with Crippen molar-refractivity contribution in [3.05, 3.63) is 30.5 Å². The van der Waals surface area contributed by atoms with Gasteiger partial charge in [0, 0.05) is 17.1 Å². The molecule has 0 spiro atoms. The van der Waals surface area contributed by atoms with Crippen molar-refractivity contribution in [2.75, 3.05) is 6.61 Å². The first-order valence-electron chi connectivity index (χ1n) is 5.18. The van der Waals surface area contributed by atoms with Crippen LogP contribution in [0.15, 0.2) is 30.5 Å². The van der Waals surface area contributed by atoms with Crippen molar-refractivity contribution < 1.29 is 9.84 Å². The molecule has 2 rings (SSSR count). The van der Waals surface area contributed by atoms with E-state index in [1.165, 1.54) is 0 Å². The molecule has 0 saturated carbocycles. The maximum absolute atomic E-state index is 9.41. The van der Waals surface area contributed by atoms with Crippen molar-refractivity contribution in [3.8, 4) is 5.75 Å². The second-order valence-corrected chi connectivity index (χ2v) is 3.57. The number of benzene rings is 1. The summed E-state index contributed by atoms with van der Waals surface area (Å²) in [5, 5.41) is 10.5. The van der Waals surface area contributed by atoms with Crippen LogP contribution in [0, 0.1) is 0 Å². The maximum atomic E-state index is 9.41. The number of aliphatic hydroxyl groups excluding tert-OH is 1. The highest BCUT2D eigenvalue weighted by molar-refractivity contribution is 5.85. The van der Waals surface area contributed by atoms with Crippen LogP contribution in [-0.4, -0.2) is 22.8 Å². The Labute approximate surface area is 88.7 Å². The number of fused-ring (bicyclic) bond motifs is 1. The number of aliphatic hydroxyl groups is 1. The molecule has 1 unspecified atom stereocenters. The monoisotopic (exact) mass is 205 g/mol. The average Bonchev–Trinajstić information content (AvgIpc) is 2.74. The molecule has 1 atom stereocenters. The van der Waals surface area contributed by atoms with Crippen LogP contribution in [0.5, 0.6) is 5.75 Å². The fraction of sp³-hybridized carbons (Fsp3) is 0.333. The molecule has 3 nitrogen and oxygen atoms in total. The molecule has 0 aliphatic carbocycles. The van der Waals surface area contributed by atoms with Gasteiger partial charge in [-0.1, -0.05) is 13.0 Å². The minimum Gasteiger partial charge on any atom is -0.490 e. The first-order valence-corrected chi connectivity index (χ1v) is 5.18. The molecule has 2 aromatic rings. The van der Waals surface area contributed by atoms with Crippen LogP contribution in [-0.2, 0) is 0 Å². The van der Waals surface area contributed by atoms with Crippen molar-refractivity contribution in [2.24, 2.45) is 0 Å². The van der Waals surface area contributed by atoms with Gasteiger partial charge in [0.1, 0.15) is 12.4 Å². The van der Waals surface area contributed by atoms with Gasteiger partial charge in [0.05, 0.1) is 6.10 Å². The van der Waals surface area contributed by atoms with Crippen molar-refractivity contribution in [1.29, 1.82) is 0 Å². The summed E-state index contributed by atoms with van der Waals surface area (Å²) in [5.74, 6) is 0.821. The molecular weight excluding hydrogens is 190 g/mol. The number of aromatic amines is 1. The summed E-state index contributed by atoms with van der Waals surface area (Å²) in [5.41, 5.74) is 1.05. The Hall–Kier alpha value is -1.48. The largest absolute Gasteiger partial charge is 0.490 e. The summed E-state index contributed by atoms with van der Waals surface area (Å²) in [6.45, 7) is 2.28. The minimum atomic E-state index is -0.390. The normalized spacial score (nSPS) is 12.9. The van der Waals surface area contributed by atoms with Crippen LogP contribution in [0.4, 0.5) is 0 Å². The molecule has 0 radical (unpaired) electrons. The predicted molar refractivity (Wildman–Crippen MR) is 60.1 cm³/mol. The molecule has 0 fully saturated rings. The molecule has 0 saturated heterocycles.